The summed E-state index contributed by atoms with van der Waals surface area (Å²) < 4.78 is 5.43. The Balaban J connectivity index is 1.79. The van der Waals surface area contributed by atoms with Crippen LogP contribution in [-0.2, 0) is 17.8 Å². The van der Waals surface area contributed by atoms with Gasteiger partial charge in [0.05, 0.1) is 12.0 Å². The second-order valence-corrected chi connectivity index (χ2v) is 8.08. The summed E-state index contributed by atoms with van der Waals surface area (Å²) in [6, 6.07) is 18.8. The number of nitrogens with zero attached hydrogens (tertiary/aromatic N) is 2. The quantitative estimate of drug-likeness (QED) is 0.206. The van der Waals surface area contributed by atoms with Gasteiger partial charge in [0.1, 0.15) is 5.75 Å². The lowest BCUT2D eigenvalue weighted by molar-refractivity contribution is -0.384. The van der Waals surface area contributed by atoms with E-state index < -0.39 is 4.92 Å². The number of halogens is 2. The molecule has 33 heavy (non-hydrogen) atoms. The summed E-state index contributed by atoms with van der Waals surface area (Å²) in [5, 5.41) is 11.9. The molecule has 3 aromatic rings. The molecular weight excluding hydrogens is 463 g/mol. The van der Waals surface area contributed by atoms with Crippen LogP contribution in [-0.4, -0.2) is 29.4 Å². The molecule has 0 spiro atoms. The van der Waals surface area contributed by atoms with Gasteiger partial charge in [-0.3, -0.25) is 14.9 Å². The molecule has 0 radical (unpaired) electrons. The standard InChI is InChI=1S/C25H22Cl2N2O4/c1-33-24-5-3-2-4-20(24)17-28(15-14-19-9-10-21(26)16-23(19)27)25(30)13-8-18-6-11-22(12-7-18)29(31)32/h2-13,16H,14-15,17H2,1H3/b13-8+. The van der Waals surface area contributed by atoms with Crippen molar-refractivity contribution in [1.82, 2.24) is 4.90 Å². The second kappa shape index (κ2) is 11.5. The van der Waals surface area contributed by atoms with Crippen molar-refractivity contribution in [1.29, 1.82) is 0 Å². The van der Waals surface area contributed by atoms with Gasteiger partial charge in [0, 0.05) is 46.9 Å². The van der Waals surface area contributed by atoms with Crippen molar-refractivity contribution in [3.8, 4) is 5.75 Å². The highest BCUT2D eigenvalue weighted by molar-refractivity contribution is 6.35. The average Bonchev–Trinajstić information content (AvgIpc) is 2.81. The maximum atomic E-state index is 13.1. The van der Waals surface area contributed by atoms with Crippen LogP contribution in [0.4, 0.5) is 5.69 Å². The summed E-state index contributed by atoms with van der Waals surface area (Å²) in [6.45, 7) is 0.765. The molecule has 8 heteroatoms. The predicted molar refractivity (Wildman–Crippen MR) is 131 cm³/mol. The van der Waals surface area contributed by atoms with Crippen molar-refractivity contribution in [3.05, 3.63) is 110 Å². The van der Waals surface area contributed by atoms with E-state index in [-0.39, 0.29) is 11.6 Å². The fraction of sp³-hybridized carbons (Fsp3) is 0.160. The highest BCUT2D eigenvalue weighted by Gasteiger charge is 2.15. The van der Waals surface area contributed by atoms with Crippen molar-refractivity contribution in [3.63, 3.8) is 0 Å². The van der Waals surface area contributed by atoms with Crippen LogP contribution in [0.3, 0.4) is 0 Å². The van der Waals surface area contributed by atoms with E-state index in [1.54, 1.807) is 42.4 Å². The Kier molecular flexibility index (Phi) is 8.46. The Labute approximate surface area is 202 Å². The van der Waals surface area contributed by atoms with Crippen molar-refractivity contribution in [2.24, 2.45) is 0 Å². The van der Waals surface area contributed by atoms with E-state index in [1.165, 1.54) is 18.2 Å². The zero-order valence-corrected chi connectivity index (χ0v) is 19.4. The summed E-state index contributed by atoms with van der Waals surface area (Å²) in [4.78, 5) is 25.2. The molecule has 170 valence electrons. The Hall–Kier alpha value is -3.35. The maximum Gasteiger partial charge on any atom is 0.269 e. The number of ether oxygens (including phenoxy) is 1. The molecular formula is C25H22Cl2N2O4. The van der Waals surface area contributed by atoms with Crippen LogP contribution >= 0.6 is 23.2 Å². The topological polar surface area (TPSA) is 72.7 Å². The van der Waals surface area contributed by atoms with Crippen LogP contribution in [0.5, 0.6) is 5.75 Å². The first-order valence-corrected chi connectivity index (χ1v) is 10.9. The van der Waals surface area contributed by atoms with Crippen LogP contribution in [0, 0.1) is 10.1 Å². The van der Waals surface area contributed by atoms with Gasteiger partial charge in [-0.1, -0.05) is 47.5 Å². The zero-order valence-electron chi connectivity index (χ0n) is 17.9. The van der Waals surface area contributed by atoms with Crippen molar-refractivity contribution in [2.75, 3.05) is 13.7 Å². The lowest BCUT2D eigenvalue weighted by Crippen LogP contribution is -2.31. The first kappa shape index (κ1) is 24.3. The second-order valence-electron chi connectivity index (χ2n) is 7.24. The number of benzene rings is 3. The molecule has 0 unspecified atom stereocenters. The van der Waals surface area contributed by atoms with Crippen LogP contribution in [0.2, 0.25) is 10.0 Å². The molecule has 0 saturated heterocycles. The number of para-hydroxylation sites is 1. The van der Waals surface area contributed by atoms with Crippen molar-refractivity contribution in [2.45, 2.75) is 13.0 Å². The van der Waals surface area contributed by atoms with E-state index in [1.807, 2.05) is 30.3 Å². The number of hydrogen-bond acceptors (Lipinski definition) is 4. The monoisotopic (exact) mass is 484 g/mol. The number of methoxy groups -OCH3 is 1. The molecule has 0 aliphatic rings. The molecule has 0 N–H and O–H groups in total. The molecule has 6 nitrogen and oxygen atoms in total. The smallest absolute Gasteiger partial charge is 0.269 e. The Morgan fingerprint density at radius 3 is 2.45 bits per heavy atom. The molecule has 0 aliphatic carbocycles. The molecule has 0 bridgehead atoms. The van der Waals surface area contributed by atoms with Crippen molar-refractivity contribution >= 4 is 40.9 Å². The third-order valence-electron chi connectivity index (χ3n) is 5.05. The lowest BCUT2D eigenvalue weighted by atomic mass is 10.1. The van der Waals surface area contributed by atoms with Crippen LogP contribution in [0.15, 0.2) is 72.8 Å². The van der Waals surface area contributed by atoms with E-state index in [0.29, 0.717) is 40.9 Å². The molecule has 0 aromatic heterocycles. The largest absolute Gasteiger partial charge is 0.496 e. The fourth-order valence-electron chi connectivity index (χ4n) is 3.27. The molecule has 3 aromatic carbocycles. The highest BCUT2D eigenvalue weighted by Crippen LogP contribution is 2.23. The summed E-state index contributed by atoms with van der Waals surface area (Å²) in [5.41, 5.74) is 2.44. The normalized spacial score (nSPS) is 10.9. The van der Waals surface area contributed by atoms with Gasteiger partial charge in [-0.05, 0) is 54.0 Å². The van der Waals surface area contributed by atoms with Crippen LogP contribution < -0.4 is 4.74 Å². The summed E-state index contributed by atoms with van der Waals surface area (Å²) in [6.07, 6.45) is 3.64. The third kappa shape index (κ3) is 6.81. The molecule has 1 amide bonds. The molecule has 0 atom stereocenters. The number of carbonyl (C=O) groups is 1. The molecule has 0 aliphatic heterocycles. The minimum Gasteiger partial charge on any atom is -0.496 e. The molecule has 0 heterocycles. The van der Waals surface area contributed by atoms with Gasteiger partial charge in [0.25, 0.3) is 5.69 Å². The number of nitro benzene ring substituents is 1. The average molecular weight is 485 g/mol. The maximum absolute atomic E-state index is 13.1. The van der Waals surface area contributed by atoms with Crippen LogP contribution in [0.25, 0.3) is 6.08 Å². The third-order valence-corrected chi connectivity index (χ3v) is 5.64. The van der Waals surface area contributed by atoms with E-state index in [0.717, 1.165) is 11.1 Å². The number of amides is 1. The van der Waals surface area contributed by atoms with Gasteiger partial charge in [-0.25, -0.2) is 0 Å². The Morgan fingerprint density at radius 2 is 1.79 bits per heavy atom. The Morgan fingerprint density at radius 1 is 1.06 bits per heavy atom. The summed E-state index contributed by atoms with van der Waals surface area (Å²) in [7, 11) is 1.59. The Bertz CT molecular complexity index is 1160. The summed E-state index contributed by atoms with van der Waals surface area (Å²) >= 11 is 12.3. The van der Waals surface area contributed by atoms with Gasteiger partial charge in [0.2, 0.25) is 5.91 Å². The number of rotatable bonds is 9. The van der Waals surface area contributed by atoms with Gasteiger partial charge < -0.3 is 9.64 Å². The zero-order chi connectivity index (χ0) is 23.8. The van der Waals surface area contributed by atoms with Crippen molar-refractivity contribution < 1.29 is 14.5 Å². The van der Waals surface area contributed by atoms with E-state index >= 15 is 0 Å². The van der Waals surface area contributed by atoms with E-state index in [9.17, 15) is 14.9 Å². The minimum atomic E-state index is -0.463. The minimum absolute atomic E-state index is 0.00359. The number of carbonyl (C=O) groups excluding carboxylic acids is 1. The number of nitro groups is 1. The molecule has 3 rings (SSSR count). The summed E-state index contributed by atoms with van der Waals surface area (Å²) in [5.74, 6) is 0.489. The lowest BCUT2D eigenvalue weighted by Gasteiger charge is -2.23. The van der Waals surface area contributed by atoms with Gasteiger partial charge in [0.15, 0.2) is 0 Å². The van der Waals surface area contributed by atoms with E-state index in [2.05, 4.69) is 0 Å². The fourth-order valence-corrected chi connectivity index (χ4v) is 3.77. The first-order valence-electron chi connectivity index (χ1n) is 10.1. The molecule has 0 fully saturated rings. The molecule has 0 saturated carbocycles. The van der Waals surface area contributed by atoms with E-state index in [4.69, 9.17) is 27.9 Å². The first-order chi connectivity index (χ1) is 15.9. The van der Waals surface area contributed by atoms with Gasteiger partial charge >= 0.3 is 0 Å². The SMILES string of the molecule is COc1ccccc1CN(CCc1ccc(Cl)cc1Cl)C(=O)/C=C/c1ccc([N+](=O)[O-])cc1. The number of hydrogen-bond donors (Lipinski definition) is 0. The highest BCUT2D eigenvalue weighted by atomic mass is 35.5. The number of non-ortho nitro benzene ring substituents is 1. The van der Waals surface area contributed by atoms with Gasteiger partial charge in [-0.15, -0.1) is 0 Å². The van der Waals surface area contributed by atoms with Crippen LogP contribution in [0.1, 0.15) is 16.7 Å². The predicted octanol–water partition coefficient (Wildman–Crippen LogP) is 6.19. The van der Waals surface area contributed by atoms with Gasteiger partial charge in [-0.2, -0.15) is 0 Å².